The van der Waals surface area contributed by atoms with E-state index in [1.165, 1.54) is 23.9 Å². The fourth-order valence-electron chi connectivity index (χ4n) is 2.40. The summed E-state index contributed by atoms with van der Waals surface area (Å²) in [5.74, 6) is 0.177. The highest BCUT2D eigenvalue weighted by atomic mass is 16.5. The van der Waals surface area contributed by atoms with Crippen LogP contribution in [0.25, 0.3) is 0 Å². The number of hydrogen-bond acceptors (Lipinski definition) is 4. The molecule has 0 bridgehead atoms. The summed E-state index contributed by atoms with van der Waals surface area (Å²) in [6.07, 6.45) is 5.13. The first-order valence-corrected chi connectivity index (χ1v) is 6.63. The summed E-state index contributed by atoms with van der Waals surface area (Å²) in [5.41, 5.74) is 0.194. The Balaban J connectivity index is 1.78. The third-order valence-corrected chi connectivity index (χ3v) is 3.69. The number of aryl methyl sites for hydroxylation is 1. The molecule has 1 fully saturated rings. The molecule has 21 heavy (non-hydrogen) atoms. The molecule has 0 radical (unpaired) electrons. The number of aromatic nitrogens is 3. The number of pyridine rings is 1. The van der Waals surface area contributed by atoms with Gasteiger partial charge in [-0.1, -0.05) is 0 Å². The average molecular weight is 288 g/mol. The van der Waals surface area contributed by atoms with Gasteiger partial charge in [0.05, 0.1) is 18.7 Å². The topological polar surface area (TPSA) is 69.4 Å². The molecule has 0 spiro atoms. The SMILES string of the molecule is COc1cc(=O)n(C)cc1C(=O)N1CC(n2cccn2)C1. The van der Waals surface area contributed by atoms with E-state index in [0.29, 0.717) is 24.4 Å². The second-order valence-corrected chi connectivity index (χ2v) is 5.05. The van der Waals surface area contributed by atoms with Crippen LogP contribution in [-0.2, 0) is 7.05 Å². The van der Waals surface area contributed by atoms with E-state index in [0.717, 1.165) is 0 Å². The van der Waals surface area contributed by atoms with Crippen LogP contribution in [-0.4, -0.2) is 45.4 Å². The molecule has 2 aromatic rings. The van der Waals surface area contributed by atoms with E-state index in [4.69, 9.17) is 4.74 Å². The predicted octanol–water partition coefficient (Wildman–Crippen LogP) is 0.287. The Morgan fingerprint density at radius 2 is 2.19 bits per heavy atom. The fourth-order valence-corrected chi connectivity index (χ4v) is 2.40. The number of carbonyl (C=O) groups is 1. The largest absolute Gasteiger partial charge is 0.496 e. The molecule has 0 atom stereocenters. The number of carbonyl (C=O) groups excluding carboxylic acids is 1. The van der Waals surface area contributed by atoms with Gasteiger partial charge in [-0.15, -0.1) is 0 Å². The zero-order chi connectivity index (χ0) is 15.0. The van der Waals surface area contributed by atoms with Gasteiger partial charge in [0.2, 0.25) is 0 Å². The summed E-state index contributed by atoms with van der Waals surface area (Å²) in [5, 5.41) is 4.17. The number of methoxy groups -OCH3 is 1. The molecule has 3 heterocycles. The van der Waals surface area contributed by atoms with Crippen molar-refractivity contribution in [2.75, 3.05) is 20.2 Å². The van der Waals surface area contributed by atoms with Crippen molar-refractivity contribution in [3.8, 4) is 5.75 Å². The smallest absolute Gasteiger partial charge is 0.259 e. The normalized spacial score (nSPS) is 14.9. The minimum atomic E-state index is -0.207. The molecular weight excluding hydrogens is 272 g/mol. The van der Waals surface area contributed by atoms with Gasteiger partial charge in [-0.25, -0.2) is 0 Å². The zero-order valence-corrected chi connectivity index (χ0v) is 11.9. The zero-order valence-electron chi connectivity index (χ0n) is 11.9. The van der Waals surface area contributed by atoms with Crippen LogP contribution in [0.5, 0.6) is 5.75 Å². The molecule has 7 nitrogen and oxygen atoms in total. The van der Waals surface area contributed by atoms with Crippen LogP contribution >= 0.6 is 0 Å². The summed E-state index contributed by atoms with van der Waals surface area (Å²) in [7, 11) is 3.06. The van der Waals surface area contributed by atoms with E-state index in [-0.39, 0.29) is 17.5 Å². The van der Waals surface area contributed by atoms with Crippen molar-refractivity contribution >= 4 is 5.91 Å². The van der Waals surface area contributed by atoms with Gasteiger partial charge in [0.1, 0.15) is 5.75 Å². The van der Waals surface area contributed by atoms with Gasteiger partial charge in [0.15, 0.2) is 0 Å². The monoisotopic (exact) mass is 288 g/mol. The first-order valence-electron chi connectivity index (χ1n) is 6.63. The van der Waals surface area contributed by atoms with Gasteiger partial charge in [0.25, 0.3) is 11.5 Å². The van der Waals surface area contributed by atoms with E-state index >= 15 is 0 Å². The molecule has 0 aliphatic carbocycles. The maximum absolute atomic E-state index is 12.5. The van der Waals surface area contributed by atoms with Crippen molar-refractivity contribution in [3.05, 3.63) is 46.6 Å². The molecule has 0 N–H and O–H groups in total. The Hall–Kier alpha value is -2.57. The van der Waals surface area contributed by atoms with Gasteiger partial charge >= 0.3 is 0 Å². The lowest BCUT2D eigenvalue weighted by Crippen LogP contribution is -2.51. The summed E-state index contributed by atoms with van der Waals surface area (Å²) in [6.45, 7) is 1.21. The minimum Gasteiger partial charge on any atom is -0.496 e. The van der Waals surface area contributed by atoms with E-state index < -0.39 is 0 Å². The van der Waals surface area contributed by atoms with Gasteiger partial charge in [-0.05, 0) is 6.07 Å². The number of likely N-dealkylation sites (tertiary alicyclic amines) is 1. The Morgan fingerprint density at radius 1 is 1.43 bits per heavy atom. The van der Waals surface area contributed by atoms with Crippen LogP contribution in [0.15, 0.2) is 35.5 Å². The Bertz CT molecular complexity index is 714. The standard InChI is InChI=1S/C14H16N4O3/c1-16-9-11(12(21-2)6-13(16)19)14(20)17-7-10(8-17)18-5-3-4-15-18/h3-6,9-10H,7-8H2,1-2H3. The van der Waals surface area contributed by atoms with Crippen LogP contribution in [0.3, 0.4) is 0 Å². The summed E-state index contributed by atoms with van der Waals surface area (Å²) in [4.78, 5) is 25.8. The Labute approximate surface area is 121 Å². The second kappa shape index (κ2) is 5.08. The number of amides is 1. The van der Waals surface area contributed by atoms with E-state index in [1.807, 2.05) is 16.9 Å². The summed E-state index contributed by atoms with van der Waals surface area (Å²) in [6, 6.07) is 3.40. The van der Waals surface area contributed by atoms with Gasteiger partial charge in [0, 0.05) is 44.8 Å². The summed E-state index contributed by atoms with van der Waals surface area (Å²) >= 11 is 0. The lowest BCUT2D eigenvalue weighted by Gasteiger charge is -2.39. The molecule has 110 valence electrons. The van der Waals surface area contributed by atoms with Crippen molar-refractivity contribution in [2.24, 2.45) is 7.05 Å². The average Bonchev–Trinajstić information content (AvgIpc) is 2.93. The van der Waals surface area contributed by atoms with Crippen LogP contribution in [0, 0.1) is 0 Å². The van der Waals surface area contributed by atoms with Crippen molar-refractivity contribution in [3.63, 3.8) is 0 Å². The molecular formula is C14H16N4O3. The highest BCUT2D eigenvalue weighted by molar-refractivity contribution is 5.97. The van der Waals surface area contributed by atoms with Gasteiger partial charge in [-0.2, -0.15) is 5.10 Å². The highest BCUT2D eigenvalue weighted by Crippen LogP contribution is 2.25. The van der Waals surface area contributed by atoms with E-state index in [2.05, 4.69) is 5.10 Å². The Morgan fingerprint density at radius 3 is 2.81 bits per heavy atom. The second-order valence-electron chi connectivity index (χ2n) is 5.05. The van der Waals surface area contributed by atoms with Crippen molar-refractivity contribution in [2.45, 2.75) is 6.04 Å². The van der Waals surface area contributed by atoms with Crippen LogP contribution in [0.1, 0.15) is 16.4 Å². The fraction of sp³-hybridized carbons (Fsp3) is 0.357. The van der Waals surface area contributed by atoms with Crippen molar-refractivity contribution in [1.82, 2.24) is 19.2 Å². The third kappa shape index (κ3) is 2.31. The Kier molecular flexibility index (Phi) is 3.25. The number of hydrogen-bond donors (Lipinski definition) is 0. The number of ether oxygens (including phenoxy) is 1. The molecule has 0 saturated carbocycles. The van der Waals surface area contributed by atoms with Crippen LogP contribution < -0.4 is 10.3 Å². The third-order valence-electron chi connectivity index (χ3n) is 3.69. The maximum atomic E-state index is 12.5. The first-order chi connectivity index (χ1) is 10.1. The van der Waals surface area contributed by atoms with Crippen LogP contribution in [0.4, 0.5) is 0 Å². The van der Waals surface area contributed by atoms with Gasteiger partial charge in [-0.3, -0.25) is 14.3 Å². The number of rotatable bonds is 3. The molecule has 1 aliphatic rings. The summed E-state index contributed by atoms with van der Waals surface area (Å²) < 4.78 is 8.37. The molecule has 1 amide bonds. The van der Waals surface area contributed by atoms with Gasteiger partial charge < -0.3 is 14.2 Å². The lowest BCUT2D eigenvalue weighted by molar-refractivity contribution is 0.0497. The van der Waals surface area contributed by atoms with Crippen LogP contribution in [0.2, 0.25) is 0 Å². The maximum Gasteiger partial charge on any atom is 0.259 e. The predicted molar refractivity (Wildman–Crippen MR) is 75.4 cm³/mol. The van der Waals surface area contributed by atoms with Crippen molar-refractivity contribution in [1.29, 1.82) is 0 Å². The number of nitrogens with zero attached hydrogens (tertiary/aromatic N) is 4. The minimum absolute atomic E-state index is 0.133. The highest BCUT2D eigenvalue weighted by Gasteiger charge is 2.34. The lowest BCUT2D eigenvalue weighted by atomic mass is 10.1. The quantitative estimate of drug-likeness (QED) is 0.814. The molecule has 0 unspecified atom stereocenters. The first kappa shape index (κ1) is 13.4. The van der Waals surface area contributed by atoms with Crippen molar-refractivity contribution < 1.29 is 9.53 Å². The van der Waals surface area contributed by atoms with E-state index in [9.17, 15) is 9.59 Å². The molecule has 2 aromatic heterocycles. The molecule has 1 aliphatic heterocycles. The molecule has 3 rings (SSSR count). The molecule has 0 aromatic carbocycles. The molecule has 7 heteroatoms. The van der Waals surface area contributed by atoms with E-state index in [1.54, 1.807) is 18.1 Å². The molecule has 1 saturated heterocycles.